The third-order valence-electron chi connectivity index (χ3n) is 3.55. The molecule has 0 spiro atoms. The van der Waals surface area contributed by atoms with Crippen molar-refractivity contribution in [3.8, 4) is 0 Å². The van der Waals surface area contributed by atoms with Gasteiger partial charge in [-0.25, -0.2) is 0 Å². The molecule has 0 aromatic heterocycles. The van der Waals surface area contributed by atoms with E-state index in [2.05, 4.69) is 41.5 Å². The summed E-state index contributed by atoms with van der Waals surface area (Å²) in [5.74, 6) is 1.71. The van der Waals surface area contributed by atoms with Gasteiger partial charge in [-0.1, -0.05) is 60.8 Å². The standard InChI is InChI=1S/C15H33O3Si/c1-7-13(4)10-16-19(17-11-14(5)8-2)18-12-15(6)9-3/h13-15H,7-12H2,1-6H3. The van der Waals surface area contributed by atoms with Crippen molar-refractivity contribution < 1.29 is 13.3 Å². The van der Waals surface area contributed by atoms with Crippen LogP contribution in [0, 0.1) is 17.8 Å². The highest BCUT2D eigenvalue weighted by molar-refractivity contribution is 6.36. The Morgan fingerprint density at radius 3 is 1.11 bits per heavy atom. The highest BCUT2D eigenvalue weighted by atomic mass is 28.3. The summed E-state index contributed by atoms with van der Waals surface area (Å²) in [6, 6.07) is 0. The van der Waals surface area contributed by atoms with Crippen molar-refractivity contribution in [3.63, 3.8) is 0 Å². The Bertz CT molecular complexity index is 169. The topological polar surface area (TPSA) is 27.7 Å². The molecule has 0 bridgehead atoms. The fourth-order valence-corrected chi connectivity index (χ4v) is 2.62. The van der Waals surface area contributed by atoms with Crippen molar-refractivity contribution in [1.29, 1.82) is 0 Å². The minimum absolute atomic E-state index is 0.569. The first-order valence-electron chi connectivity index (χ1n) is 7.78. The predicted octanol–water partition coefficient (Wildman–Crippen LogP) is 4.16. The van der Waals surface area contributed by atoms with Crippen molar-refractivity contribution in [2.24, 2.45) is 17.8 Å². The van der Waals surface area contributed by atoms with E-state index in [9.17, 15) is 0 Å². The molecule has 3 atom stereocenters. The second-order valence-electron chi connectivity index (χ2n) is 5.72. The molecule has 3 nitrogen and oxygen atoms in total. The van der Waals surface area contributed by atoms with Crippen LogP contribution < -0.4 is 0 Å². The summed E-state index contributed by atoms with van der Waals surface area (Å²) in [6.07, 6.45) is 3.39. The summed E-state index contributed by atoms with van der Waals surface area (Å²) in [4.78, 5) is 0. The van der Waals surface area contributed by atoms with E-state index >= 15 is 0 Å². The molecule has 115 valence electrons. The third-order valence-corrected chi connectivity index (χ3v) is 4.75. The van der Waals surface area contributed by atoms with Crippen LogP contribution in [0.1, 0.15) is 60.8 Å². The van der Waals surface area contributed by atoms with Gasteiger partial charge in [0.05, 0.1) is 0 Å². The molecule has 0 rings (SSSR count). The molecule has 1 radical (unpaired) electrons. The Morgan fingerprint density at radius 1 is 0.632 bits per heavy atom. The maximum Gasteiger partial charge on any atom is 0.577 e. The lowest BCUT2D eigenvalue weighted by molar-refractivity contribution is 0.0621. The van der Waals surface area contributed by atoms with Gasteiger partial charge >= 0.3 is 9.53 Å². The summed E-state index contributed by atoms with van der Waals surface area (Å²) < 4.78 is 17.5. The molecule has 0 N–H and O–H groups in total. The lowest BCUT2D eigenvalue weighted by Crippen LogP contribution is -2.32. The van der Waals surface area contributed by atoms with Crippen LogP contribution >= 0.6 is 0 Å². The van der Waals surface area contributed by atoms with E-state index in [0.29, 0.717) is 17.8 Å². The van der Waals surface area contributed by atoms with Crippen LogP contribution in [-0.2, 0) is 13.3 Å². The molecule has 0 aromatic carbocycles. The first-order valence-corrected chi connectivity index (χ1v) is 9.01. The summed E-state index contributed by atoms with van der Waals surface area (Å²) in [7, 11) is -1.56. The zero-order valence-corrected chi connectivity index (χ0v) is 14.7. The molecule has 0 aromatic rings. The van der Waals surface area contributed by atoms with Crippen molar-refractivity contribution in [2.75, 3.05) is 19.8 Å². The maximum atomic E-state index is 5.84. The van der Waals surface area contributed by atoms with Crippen molar-refractivity contribution in [1.82, 2.24) is 0 Å². The Balaban J connectivity index is 4.06. The van der Waals surface area contributed by atoms with Gasteiger partial charge in [-0.05, 0) is 17.8 Å². The SMILES string of the molecule is CCC(C)CO[Si](OCC(C)CC)OCC(C)CC. The third kappa shape index (κ3) is 10.5. The van der Waals surface area contributed by atoms with Gasteiger partial charge < -0.3 is 13.3 Å². The highest BCUT2D eigenvalue weighted by Gasteiger charge is 2.22. The van der Waals surface area contributed by atoms with Crippen LogP contribution in [0.15, 0.2) is 0 Å². The fourth-order valence-electron chi connectivity index (χ4n) is 1.11. The van der Waals surface area contributed by atoms with Crippen molar-refractivity contribution in [2.45, 2.75) is 60.8 Å². The first-order chi connectivity index (χ1) is 9.03. The van der Waals surface area contributed by atoms with Crippen LogP contribution in [0.25, 0.3) is 0 Å². The van der Waals surface area contributed by atoms with Gasteiger partial charge in [-0.2, -0.15) is 0 Å². The number of rotatable bonds is 12. The Hall–Kier alpha value is 0.0969. The zero-order valence-electron chi connectivity index (χ0n) is 13.7. The molecule has 0 fully saturated rings. The number of hydrogen-bond acceptors (Lipinski definition) is 3. The molecule has 4 heteroatoms. The molecule has 3 unspecified atom stereocenters. The highest BCUT2D eigenvalue weighted by Crippen LogP contribution is 2.09. The lowest BCUT2D eigenvalue weighted by atomic mass is 10.1. The first kappa shape index (κ1) is 19.1. The van der Waals surface area contributed by atoms with E-state index in [1.165, 1.54) is 0 Å². The monoisotopic (exact) mass is 289 g/mol. The van der Waals surface area contributed by atoms with E-state index < -0.39 is 9.53 Å². The summed E-state index contributed by atoms with van der Waals surface area (Å²) in [5.41, 5.74) is 0. The second-order valence-corrected chi connectivity index (χ2v) is 7.09. The van der Waals surface area contributed by atoms with Gasteiger partial charge in [0.2, 0.25) is 0 Å². The normalized spacial score (nSPS) is 16.6. The maximum absolute atomic E-state index is 5.84. The van der Waals surface area contributed by atoms with E-state index in [0.717, 1.165) is 39.1 Å². The molecule has 0 saturated heterocycles. The Kier molecular flexibility index (Phi) is 11.9. The van der Waals surface area contributed by atoms with Crippen LogP contribution in [0.5, 0.6) is 0 Å². The Labute approximate surface area is 122 Å². The second kappa shape index (κ2) is 11.9. The molecule has 19 heavy (non-hydrogen) atoms. The average Bonchev–Trinajstić information content (AvgIpc) is 2.44. The minimum atomic E-state index is -1.56. The van der Waals surface area contributed by atoms with Crippen LogP contribution in [0.3, 0.4) is 0 Å². The summed E-state index contributed by atoms with van der Waals surface area (Å²) in [5, 5.41) is 0. The van der Waals surface area contributed by atoms with E-state index in [4.69, 9.17) is 13.3 Å². The van der Waals surface area contributed by atoms with Crippen molar-refractivity contribution in [3.05, 3.63) is 0 Å². The predicted molar refractivity (Wildman–Crippen MR) is 82.0 cm³/mol. The Morgan fingerprint density at radius 2 is 0.895 bits per heavy atom. The molecular formula is C15H33O3Si. The quantitative estimate of drug-likeness (QED) is 0.505. The molecular weight excluding hydrogens is 256 g/mol. The van der Waals surface area contributed by atoms with Gasteiger partial charge in [-0.3, -0.25) is 0 Å². The van der Waals surface area contributed by atoms with Gasteiger partial charge in [-0.15, -0.1) is 0 Å². The summed E-state index contributed by atoms with van der Waals surface area (Å²) >= 11 is 0. The van der Waals surface area contributed by atoms with E-state index in [1.54, 1.807) is 0 Å². The van der Waals surface area contributed by atoms with Gasteiger partial charge in [0.15, 0.2) is 0 Å². The largest absolute Gasteiger partial charge is 0.577 e. The van der Waals surface area contributed by atoms with Gasteiger partial charge in [0.25, 0.3) is 0 Å². The lowest BCUT2D eigenvalue weighted by Gasteiger charge is -2.20. The number of hydrogen-bond donors (Lipinski definition) is 0. The molecule has 0 amide bonds. The average molecular weight is 290 g/mol. The van der Waals surface area contributed by atoms with Crippen molar-refractivity contribution >= 4 is 9.53 Å². The van der Waals surface area contributed by atoms with Crippen LogP contribution in [0.4, 0.5) is 0 Å². The molecule has 0 saturated carbocycles. The zero-order chi connectivity index (χ0) is 14.7. The van der Waals surface area contributed by atoms with Gasteiger partial charge in [0.1, 0.15) is 0 Å². The van der Waals surface area contributed by atoms with Crippen LogP contribution in [0.2, 0.25) is 0 Å². The van der Waals surface area contributed by atoms with Crippen LogP contribution in [-0.4, -0.2) is 29.3 Å². The molecule has 0 aliphatic heterocycles. The smallest absolute Gasteiger partial charge is 0.371 e. The van der Waals surface area contributed by atoms with E-state index in [1.807, 2.05) is 0 Å². The molecule has 0 heterocycles. The minimum Gasteiger partial charge on any atom is -0.371 e. The molecule has 0 aliphatic carbocycles. The van der Waals surface area contributed by atoms with Gasteiger partial charge in [0, 0.05) is 19.8 Å². The fraction of sp³-hybridized carbons (Fsp3) is 1.00. The molecule has 0 aliphatic rings. The van der Waals surface area contributed by atoms with E-state index in [-0.39, 0.29) is 0 Å². The summed E-state index contributed by atoms with van der Waals surface area (Å²) in [6.45, 7) is 15.4.